The fourth-order valence-electron chi connectivity index (χ4n) is 8.57. The van der Waals surface area contributed by atoms with E-state index in [0.717, 1.165) is 57.8 Å². The Morgan fingerprint density at radius 3 is 1.37 bits per heavy atom. The summed E-state index contributed by atoms with van der Waals surface area (Å²) < 4.78 is 11.2. The summed E-state index contributed by atoms with van der Waals surface area (Å²) in [6.07, 6.45) is 57.3. The van der Waals surface area contributed by atoms with Crippen molar-refractivity contribution in [2.45, 2.75) is 288 Å². The topological polar surface area (TPSA) is 149 Å². The molecule has 0 spiro atoms. The SMILES string of the molecule is CCCCC/C=C/CC/C=C/CC/C=C/C(O)C(COC1OC(CO)C(O)C(O)C1O)NC(=O)CCCCCCCCCCCCCCCCC/C=C\C/C=C\CCCCCCCCCCC. The zero-order chi connectivity index (χ0) is 48.7. The van der Waals surface area contributed by atoms with E-state index in [1.165, 1.54) is 167 Å². The van der Waals surface area contributed by atoms with Crippen molar-refractivity contribution in [1.29, 1.82) is 0 Å². The van der Waals surface area contributed by atoms with Crippen LogP contribution in [0.4, 0.5) is 0 Å². The summed E-state index contributed by atoms with van der Waals surface area (Å²) in [6.45, 7) is 3.72. The van der Waals surface area contributed by atoms with Crippen molar-refractivity contribution >= 4 is 5.91 Å². The number of amides is 1. The van der Waals surface area contributed by atoms with Crippen molar-refractivity contribution in [3.8, 4) is 0 Å². The van der Waals surface area contributed by atoms with Gasteiger partial charge >= 0.3 is 0 Å². The van der Waals surface area contributed by atoms with E-state index in [1.54, 1.807) is 6.08 Å². The van der Waals surface area contributed by atoms with Crippen LogP contribution in [-0.4, -0.2) is 87.5 Å². The Labute approximate surface area is 411 Å². The lowest BCUT2D eigenvalue weighted by Crippen LogP contribution is -2.60. The van der Waals surface area contributed by atoms with Crippen LogP contribution in [0.2, 0.25) is 0 Å². The van der Waals surface area contributed by atoms with Gasteiger partial charge in [-0.05, 0) is 77.0 Å². The molecule has 7 unspecified atom stereocenters. The van der Waals surface area contributed by atoms with Crippen molar-refractivity contribution in [3.63, 3.8) is 0 Å². The molecule has 0 bridgehead atoms. The number of nitrogens with one attached hydrogen (secondary N) is 1. The predicted molar refractivity (Wildman–Crippen MR) is 281 cm³/mol. The second kappa shape index (κ2) is 47.6. The van der Waals surface area contributed by atoms with Crippen LogP contribution in [0.5, 0.6) is 0 Å². The number of hydrogen-bond donors (Lipinski definition) is 6. The highest BCUT2D eigenvalue weighted by Gasteiger charge is 2.44. The minimum absolute atomic E-state index is 0.192. The number of carbonyl (C=O) groups is 1. The lowest BCUT2D eigenvalue weighted by Gasteiger charge is -2.40. The monoisotopic (exact) mass is 944 g/mol. The van der Waals surface area contributed by atoms with Gasteiger partial charge in [-0.2, -0.15) is 0 Å². The zero-order valence-electron chi connectivity index (χ0n) is 43.1. The Bertz CT molecular complexity index is 1230. The van der Waals surface area contributed by atoms with Crippen molar-refractivity contribution in [2.24, 2.45) is 0 Å². The third-order valence-electron chi connectivity index (χ3n) is 13.0. The van der Waals surface area contributed by atoms with Crippen LogP contribution in [0, 0.1) is 0 Å². The molecule has 0 aromatic heterocycles. The van der Waals surface area contributed by atoms with Crippen LogP contribution in [-0.2, 0) is 14.3 Å². The molecule has 390 valence electrons. The van der Waals surface area contributed by atoms with E-state index in [-0.39, 0.29) is 12.5 Å². The second-order valence-corrected chi connectivity index (χ2v) is 19.4. The normalized spacial score (nSPS) is 20.1. The number of aliphatic hydroxyl groups is 5. The standard InChI is InChI=1S/C58H105NO8/c1-3-5-7-9-11-13-15-17-18-19-20-21-22-23-24-25-26-27-28-29-30-31-32-33-34-36-38-40-42-44-46-48-54(62)59-51(50-66-58-57(65)56(64)55(63)53(49-60)67-58)52(61)47-45-43-41-39-37-35-16-14-12-10-8-6-4-2/h12,14,20-21,23-24,37,39,45,47,51-53,55-58,60-61,63-65H,3-11,13,15-19,22,25-36,38,40-44,46,48-50H2,1-2H3,(H,59,62)/b14-12+,21-20-,24-23-,39-37+,47-45+. The first kappa shape index (κ1) is 62.9. The molecular formula is C58H105NO8. The Morgan fingerprint density at radius 2 is 0.896 bits per heavy atom. The molecule has 0 aromatic carbocycles. The van der Waals surface area contributed by atoms with Gasteiger partial charge in [-0.25, -0.2) is 0 Å². The van der Waals surface area contributed by atoms with Crippen LogP contribution in [0.3, 0.4) is 0 Å². The van der Waals surface area contributed by atoms with Crippen LogP contribution >= 0.6 is 0 Å². The van der Waals surface area contributed by atoms with Crippen molar-refractivity contribution in [1.82, 2.24) is 5.32 Å². The lowest BCUT2D eigenvalue weighted by atomic mass is 9.99. The number of carbonyl (C=O) groups excluding carboxylic acids is 1. The number of ether oxygens (including phenoxy) is 2. The fourth-order valence-corrected chi connectivity index (χ4v) is 8.57. The van der Waals surface area contributed by atoms with E-state index in [9.17, 15) is 30.3 Å². The molecule has 1 fully saturated rings. The molecule has 1 saturated heterocycles. The summed E-state index contributed by atoms with van der Waals surface area (Å²) in [5.41, 5.74) is 0. The summed E-state index contributed by atoms with van der Waals surface area (Å²) in [5.74, 6) is -0.192. The molecule has 9 nitrogen and oxygen atoms in total. The van der Waals surface area contributed by atoms with Gasteiger partial charge in [0.25, 0.3) is 0 Å². The molecule has 0 radical (unpaired) electrons. The van der Waals surface area contributed by atoms with E-state index in [2.05, 4.69) is 67.8 Å². The third kappa shape index (κ3) is 37.4. The largest absolute Gasteiger partial charge is 0.394 e. The third-order valence-corrected chi connectivity index (χ3v) is 13.0. The molecule has 0 saturated carbocycles. The van der Waals surface area contributed by atoms with Gasteiger partial charge in [-0.1, -0.05) is 222 Å². The number of unbranched alkanes of at least 4 members (excludes halogenated alkanes) is 29. The summed E-state index contributed by atoms with van der Waals surface area (Å²) in [6, 6.07) is -0.829. The van der Waals surface area contributed by atoms with Crippen LogP contribution in [0.15, 0.2) is 60.8 Å². The molecule has 1 rings (SSSR count). The van der Waals surface area contributed by atoms with E-state index < -0.39 is 49.5 Å². The number of hydrogen-bond acceptors (Lipinski definition) is 8. The maximum atomic E-state index is 13.0. The molecule has 1 heterocycles. The van der Waals surface area contributed by atoms with Gasteiger partial charge in [0.15, 0.2) is 6.29 Å². The van der Waals surface area contributed by atoms with E-state index >= 15 is 0 Å². The molecule has 9 heteroatoms. The Kier molecular flexibility index (Phi) is 44.7. The fraction of sp³-hybridized carbons (Fsp3) is 0.810. The lowest BCUT2D eigenvalue weighted by molar-refractivity contribution is -0.302. The zero-order valence-corrected chi connectivity index (χ0v) is 43.1. The first-order chi connectivity index (χ1) is 32.8. The Hall–Kier alpha value is -2.11. The summed E-state index contributed by atoms with van der Waals surface area (Å²) in [5, 5.41) is 54.3. The summed E-state index contributed by atoms with van der Waals surface area (Å²) in [4.78, 5) is 13.0. The maximum Gasteiger partial charge on any atom is 0.220 e. The van der Waals surface area contributed by atoms with Crippen molar-refractivity contribution in [2.75, 3.05) is 13.2 Å². The van der Waals surface area contributed by atoms with E-state index in [0.29, 0.717) is 6.42 Å². The molecule has 0 aliphatic carbocycles. The van der Waals surface area contributed by atoms with Gasteiger partial charge < -0.3 is 40.3 Å². The number of allylic oxidation sites excluding steroid dienone is 9. The van der Waals surface area contributed by atoms with E-state index in [4.69, 9.17) is 9.47 Å². The minimum Gasteiger partial charge on any atom is -0.394 e. The first-order valence-electron chi connectivity index (χ1n) is 28.0. The quantitative estimate of drug-likeness (QED) is 0.0261. The molecule has 1 aliphatic heterocycles. The molecule has 67 heavy (non-hydrogen) atoms. The van der Waals surface area contributed by atoms with E-state index in [1.807, 2.05) is 6.08 Å². The van der Waals surface area contributed by atoms with Gasteiger partial charge in [0.05, 0.1) is 25.4 Å². The number of aliphatic hydroxyl groups excluding tert-OH is 5. The molecule has 7 atom stereocenters. The number of rotatable bonds is 47. The van der Waals surface area contributed by atoms with Gasteiger partial charge in [-0.3, -0.25) is 4.79 Å². The van der Waals surface area contributed by atoms with Gasteiger partial charge in [0.1, 0.15) is 24.4 Å². The molecule has 1 aliphatic rings. The maximum absolute atomic E-state index is 13.0. The average molecular weight is 944 g/mol. The van der Waals surface area contributed by atoms with Gasteiger partial charge in [-0.15, -0.1) is 0 Å². The highest BCUT2D eigenvalue weighted by atomic mass is 16.7. The smallest absolute Gasteiger partial charge is 0.220 e. The van der Waals surface area contributed by atoms with Crippen molar-refractivity contribution in [3.05, 3.63) is 60.8 Å². The van der Waals surface area contributed by atoms with Gasteiger partial charge in [0.2, 0.25) is 5.91 Å². The highest BCUT2D eigenvalue weighted by molar-refractivity contribution is 5.76. The minimum atomic E-state index is -1.58. The summed E-state index contributed by atoms with van der Waals surface area (Å²) in [7, 11) is 0. The van der Waals surface area contributed by atoms with Crippen LogP contribution < -0.4 is 5.32 Å². The molecule has 1 amide bonds. The summed E-state index contributed by atoms with van der Waals surface area (Å²) >= 11 is 0. The van der Waals surface area contributed by atoms with Crippen LogP contribution in [0.1, 0.15) is 245 Å². The van der Waals surface area contributed by atoms with Gasteiger partial charge in [0, 0.05) is 6.42 Å². The molecule has 6 N–H and O–H groups in total. The van der Waals surface area contributed by atoms with Crippen LogP contribution in [0.25, 0.3) is 0 Å². The second-order valence-electron chi connectivity index (χ2n) is 19.4. The van der Waals surface area contributed by atoms with Crippen molar-refractivity contribution < 1.29 is 39.8 Å². The Morgan fingerprint density at radius 1 is 0.507 bits per heavy atom. The average Bonchev–Trinajstić information content (AvgIpc) is 3.33. The molecular weight excluding hydrogens is 839 g/mol. The predicted octanol–water partition coefficient (Wildman–Crippen LogP) is 13.5. The first-order valence-corrected chi connectivity index (χ1v) is 28.0. The highest BCUT2D eigenvalue weighted by Crippen LogP contribution is 2.23. The molecule has 0 aromatic rings. The Balaban J connectivity index is 2.16.